The number of nitrogens with zero attached hydrogens (tertiary/aromatic N) is 2. The van der Waals surface area contributed by atoms with Gasteiger partial charge in [0, 0.05) is 32.1 Å². The summed E-state index contributed by atoms with van der Waals surface area (Å²) in [7, 11) is -1.81. The van der Waals surface area contributed by atoms with E-state index in [-0.39, 0.29) is 23.2 Å². The Labute approximate surface area is 155 Å². The summed E-state index contributed by atoms with van der Waals surface area (Å²) >= 11 is 0. The van der Waals surface area contributed by atoms with Gasteiger partial charge in [-0.15, -0.1) is 16.8 Å². The first-order valence-electron chi connectivity index (χ1n) is 8.08. The van der Waals surface area contributed by atoms with Crippen LogP contribution in [0.4, 0.5) is 0 Å². The number of unbranched alkanes of at least 4 members (excludes halogenated alkanes) is 1. The zero-order valence-electron chi connectivity index (χ0n) is 14.3. The number of nitrogens with two attached hydrogens (primary N) is 1. The van der Waals surface area contributed by atoms with Gasteiger partial charge in [0.15, 0.2) is 0 Å². The molecule has 7 nitrogen and oxygen atoms in total. The topological polar surface area (TPSA) is 105 Å². The highest BCUT2D eigenvalue weighted by Gasteiger charge is 2.30. The molecule has 0 radical (unpaired) electrons. The number of carbonyl (C=O) groups excluding carboxylic acids is 1. The second-order valence-corrected chi connectivity index (χ2v) is 7.33. The molecule has 25 heavy (non-hydrogen) atoms. The second-order valence-electron chi connectivity index (χ2n) is 5.76. The molecular formula is C16H25ClN4O3S. The number of carbonyl (C=O) groups is 1. The van der Waals surface area contributed by atoms with Gasteiger partial charge in [0.1, 0.15) is 10.7 Å². The zero-order valence-corrected chi connectivity index (χ0v) is 15.9. The van der Waals surface area contributed by atoms with Crippen LogP contribution in [-0.2, 0) is 14.8 Å². The van der Waals surface area contributed by atoms with Crippen molar-refractivity contribution in [1.82, 2.24) is 10.2 Å². The first kappa shape index (κ1) is 21.4. The molecule has 1 aliphatic rings. The Morgan fingerprint density at radius 3 is 2.68 bits per heavy atom. The fraction of sp³-hybridized carbons (Fsp3) is 0.500. The van der Waals surface area contributed by atoms with Crippen molar-refractivity contribution in [1.29, 1.82) is 0 Å². The van der Waals surface area contributed by atoms with Crippen molar-refractivity contribution in [3.05, 3.63) is 29.8 Å². The molecule has 0 unspecified atom stereocenters. The zero-order chi connectivity index (χ0) is 17.6. The fourth-order valence-corrected chi connectivity index (χ4v) is 3.78. The minimum atomic E-state index is -3.60. The SMILES string of the molecule is CN(CCCC(=O)NCCCCN)C1=NS(=O)(=O)c2ccccc21.Cl. The van der Waals surface area contributed by atoms with E-state index in [4.69, 9.17) is 5.73 Å². The third-order valence-corrected chi connectivity index (χ3v) is 5.15. The summed E-state index contributed by atoms with van der Waals surface area (Å²) < 4.78 is 27.9. The van der Waals surface area contributed by atoms with Crippen molar-refractivity contribution in [2.45, 2.75) is 30.6 Å². The highest BCUT2D eigenvalue weighted by Crippen LogP contribution is 2.26. The Morgan fingerprint density at radius 1 is 1.24 bits per heavy atom. The maximum absolute atomic E-state index is 12.0. The molecule has 3 N–H and O–H groups in total. The Balaban J connectivity index is 0.00000312. The first-order chi connectivity index (χ1) is 11.5. The maximum atomic E-state index is 12.0. The molecule has 1 amide bonds. The van der Waals surface area contributed by atoms with Crippen LogP contribution in [0.1, 0.15) is 31.2 Å². The fourth-order valence-electron chi connectivity index (χ4n) is 2.53. The van der Waals surface area contributed by atoms with Crippen LogP contribution in [0.5, 0.6) is 0 Å². The number of hydrogen-bond acceptors (Lipinski definition) is 5. The van der Waals surface area contributed by atoms with Gasteiger partial charge in [0.2, 0.25) is 5.91 Å². The minimum Gasteiger partial charge on any atom is -0.358 e. The Bertz CT molecular complexity index is 722. The van der Waals surface area contributed by atoms with Crippen LogP contribution < -0.4 is 11.1 Å². The van der Waals surface area contributed by atoms with Gasteiger partial charge in [0.25, 0.3) is 10.0 Å². The van der Waals surface area contributed by atoms with Crippen LogP contribution in [0.25, 0.3) is 0 Å². The molecule has 0 spiro atoms. The van der Waals surface area contributed by atoms with Crippen LogP contribution in [0, 0.1) is 0 Å². The monoisotopic (exact) mass is 388 g/mol. The Morgan fingerprint density at radius 2 is 1.96 bits per heavy atom. The molecule has 9 heteroatoms. The first-order valence-corrected chi connectivity index (χ1v) is 9.52. The molecule has 1 heterocycles. The molecule has 140 valence electrons. The predicted molar refractivity (Wildman–Crippen MR) is 101 cm³/mol. The number of fused-ring (bicyclic) bond motifs is 1. The molecule has 0 fully saturated rings. The summed E-state index contributed by atoms with van der Waals surface area (Å²) in [4.78, 5) is 13.7. The highest BCUT2D eigenvalue weighted by molar-refractivity contribution is 7.90. The van der Waals surface area contributed by atoms with E-state index in [0.717, 1.165) is 12.8 Å². The Hall–Kier alpha value is -1.64. The van der Waals surface area contributed by atoms with Crippen molar-refractivity contribution in [3.8, 4) is 0 Å². The predicted octanol–water partition coefficient (Wildman–Crippen LogP) is 1.12. The summed E-state index contributed by atoms with van der Waals surface area (Å²) in [5.41, 5.74) is 6.02. The van der Waals surface area contributed by atoms with Crippen molar-refractivity contribution < 1.29 is 13.2 Å². The van der Waals surface area contributed by atoms with Gasteiger partial charge in [-0.2, -0.15) is 8.42 Å². The highest BCUT2D eigenvalue weighted by atomic mass is 35.5. The lowest BCUT2D eigenvalue weighted by Crippen LogP contribution is -2.29. The third-order valence-electron chi connectivity index (χ3n) is 3.82. The number of rotatable bonds is 8. The van der Waals surface area contributed by atoms with E-state index >= 15 is 0 Å². The van der Waals surface area contributed by atoms with Gasteiger partial charge in [-0.3, -0.25) is 4.79 Å². The maximum Gasteiger partial charge on any atom is 0.285 e. The Kier molecular flexibility index (Phi) is 8.34. The number of amides is 1. The molecular weight excluding hydrogens is 364 g/mol. The number of nitrogens with one attached hydrogen (secondary N) is 1. The summed E-state index contributed by atoms with van der Waals surface area (Å²) in [5.74, 6) is 0.441. The van der Waals surface area contributed by atoms with Gasteiger partial charge < -0.3 is 16.0 Å². The van der Waals surface area contributed by atoms with Gasteiger partial charge in [-0.25, -0.2) is 0 Å². The van der Waals surface area contributed by atoms with Crippen LogP contribution in [0.2, 0.25) is 0 Å². The summed E-state index contributed by atoms with van der Waals surface area (Å²) in [6.07, 6.45) is 2.80. The normalized spacial score (nSPS) is 14.2. The van der Waals surface area contributed by atoms with E-state index in [1.807, 2.05) is 0 Å². The molecule has 2 rings (SSSR count). The van der Waals surface area contributed by atoms with E-state index in [0.29, 0.717) is 43.9 Å². The second kappa shape index (κ2) is 9.74. The van der Waals surface area contributed by atoms with Crippen LogP contribution >= 0.6 is 12.4 Å². The van der Waals surface area contributed by atoms with Crippen molar-refractivity contribution >= 4 is 34.2 Å². The number of amidine groups is 1. The van der Waals surface area contributed by atoms with Crippen LogP contribution in [0.3, 0.4) is 0 Å². The molecule has 0 saturated carbocycles. The molecule has 0 aromatic heterocycles. The lowest BCUT2D eigenvalue weighted by Gasteiger charge is -2.18. The molecule has 1 aliphatic heterocycles. The number of benzene rings is 1. The van der Waals surface area contributed by atoms with E-state index in [1.54, 1.807) is 36.2 Å². The summed E-state index contributed by atoms with van der Waals surface area (Å²) in [6, 6.07) is 6.78. The van der Waals surface area contributed by atoms with Gasteiger partial charge in [-0.05, 0) is 37.9 Å². The van der Waals surface area contributed by atoms with E-state index in [2.05, 4.69) is 9.71 Å². The van der Waals surface area contributed by atoms with Crippen molar-refractivity contribution in [2.24, 2.45) is 10.1 Å². The molecule has 1 aromatic carbocycles. The summed E-state index contributed by atoms with van der Waals surface area (Å²) in [5, 5.41) is 2.85. The summed E-state index contributed by atoms with van der Waals surface area (Å²) in [6.45, 7) is 1.83. The van der Waals surface area contributed by atoms with Crippen molar-refractivity contribution in [3.63, 3.8) is 0 Å². The number of halogens is 1. The lowest BCUT2D eigenvalue weighted by molar-refractivity contribution is -0.121. The molecule has 0 bridgehead atoms. The van der Waals surface area contributed by atoms with E-state index in [1.165, 1.54) is 0 Å². The van der Waals surface area contributed by atoms with Gasteiger partial charge >= 0.3 is 0 Å². The number of sulfonamides is 1. The van der Waals surface area contributed by atoms with E-state index in [9.17, 15) is 13.2 Å². The molecule has 0 saturated heterocycles. The van der Waals surface area contributed by atoms with Gasteiger partial charge in [-0.1, -0.05) is 12.1 Å². The van der Waals surface area contributed by atoms with Gasteiger partial charge in [0.05, 0.1) is 0 Å². The molecule has 1 aromatic rings. The molecule has 0 aliphatic carbocycles. The van der Waals surface area contributed by atoms with Crippen molar-refractivity contribution in [2.75, 3.05) is 26.7 Å². The third kappa shape index (κ3) is 5.69. The average Bonchev–Trinajstić information content (AvgIpc) is 2.84. The molecule has 0 atom stereocenters. The largest absolute Gasteiger partial charge is 0.358 e. The quantitative estimate of drug-likeness (QED) is 0.649. The minimum absolute atomic E-state index is 0. The van der Waals surface area contributed by atoms with Crippen LogP contribution in [0.15, 0.2) is 33.6 Å². The lowest BCUT2D eigenvalue weighted by atomic mass is 10.2. The number of hydrogen-bond donors (Lipinski definition) is 2. The standard InChI is InChI=1S/C16H24N4O3S.ClH/c1-20(12-6-9-15(21)18-11-5-4-10-17)16-13-7-2-3-8-14(13)24(22,23)19-16;/h2-3,7-8H,4-6,9-12,17H2,1H3,(H,18,21);1H. The van der Waals surface area contributed by atoms with E-state index < -0.39 is 10.0 Å². The van der Waals surface area contributed by atoms with Crippen LogP contribution in [-0.4, -0.2) is 51.7 Å². The smallest absolute Gasteiger partial charge is 0.285 e. The average molecular weight is 389 g/mol.